The molecule has 0 amide bonds. The van der Waals surface area contributed by atoms with Crippen LogP contribution in [0.2, 0.25) is 0 Å². The lowest BCUT2D eigenvalue weighted by atomic mass is 10.1. The number of nitrogens with zero attached hydrogens (tertiary/aromatic N) is 1. The summed E-state index contributed by atoms with van der Waals surface area (Å²) in [6, 6.07) is 3.72. The second kappa shape index (κ2) is 5.48. The molecule has 1 fully saturated rings. The van der Waals surface area contributed by atoms with Crippen molar-refractivity contribution >= 4 is 21.4 Å². The molecule has 1 saturated heterocycles. The number of hydrogen-bond acceptors (Lipinski definition) is 4. The molecule has 0 aliphatic carbocycles. The van der Waals surface area contributed by atoms with E-state index in [1.807, 2.05) is 0 Å². The van der Waals surface area contributed by atoms with Crippen LogP contribution in [0.25, 0.3) is 0 Å². The van der Waals surface area contributed by atoms with Gasteiger partial charge in [0.2, 0.25) is 0 Å². The highest BCUT2D eigenvalue weighted by atomic mass is 32.2. The van der Waals surface area contributed by atoms with Gasteiger partial charge in [0.1, 0.15) is 4.21 Å². The molecule has 6 heteroatoms. The normalized spacial score (nSPS) is 21.9. The van der Waals surface area contributed by atoms with Crippen molar-refractivity contribution in [2.24, 2.45) is 0 Å². The fourth-order valence-corrected chi connectivity index (χ4v) is 4.47. The minimum atomic E-state index is -3.28. The Morgan fingerprint density at radius 2 is 2.35 bits per heavy atom. The number of thiophene rings is 1. The number of hydrogen-bond donors (Lipinski definition) is 1. The summed E-state index contributed by atoms with van der Waals surface area (Å²) in [4.78, 5) is 0. The Kier molecular flexibility index (Phi) is 4.19. The fourth-order valence-electron chi connectivity index (χ4n) is 2.05. The van der Waals surface area contributed by atoms with Crippen molar-refractivity contribution in [2.75, 3.05) is 20.1 Å². The Morgan fingerprint density at radius 1 is 1.53 bits per heavy atom. The number of nitrogens with one attached hydrogen (secondary N) is 1. The minimum Gasteiger partial charge on any atom is -0.313 e. The number of piperidine rings is 1. The third-order valence-corrected chi connectivity index (χ3v) is 6.25. The average Bonchev–Trinajstić information content (AvgIpc) is 2.84. The standard InChI is InChI=1S/C11H18N2O2S2/c1-13(9-10-5-2-3-7-12-10)17(14,15)11-6-4-8-16-11/h4,6,8,10,12H,2-3,5,7,9H2,1H3. The van der Waals surface area contributed by atoms with Gasteiger partial charge in [0.25, 0.3) is 10.0 Å². The summed E-state index contributed by atoms with van der Waals surface area (Å²) in [5.74, 6) is 0. The van der Waals surface area contributed by atoms with Crippen LogP contribution in [0, 0.1) is 0 Å². The van der Waals surface area contributed by atoms with Crippen LogP contribution in [0.15, 0.2) is 21.7 Å². The van der Waals surface area contributed by atoms with E-state index in [0.717, 1.165) is 13.0 Å². The number of likely N-dealkylation sites (N-methyl/N-ethyl adjacent to an activating group) is 1. The van der Waals surface area contributed by atoms with Crippen molar-refractivity contribution in [1.29, 1.82) is 0 Å². The van der Waals surface area contributed by atoms with Gasteiger partial charge < -0.3 is 5.32 Å². The van der Waals surface area contributed by atoms with Crippen molar-refractivity contribution < 1.29 is 8.42 Å². The van der Waals surface area contributed by atoms with Crippen molar-refractivity contribution in [3.05, 3.63) is 17.5 Å². The van der Waals surface area contributed by atoms with E-state index in [4.69, 9.17) is 0 Å². The lowest BCUT2D eigenvalue weighted by Gasteiger charge is -2.27. The molecule has 0 saturated carbocycles. The maximum Gasteiger partial charge on any atom is 0.252 e. The first kappa shape index (κ1) is 13.0. The Bertz CT molecular complexity index is 436. The maximum absolute atomic E-state index is 12.2. The zero-order valence-electron chi connectivity index (χ0n) is 9.93. The third-order valence-electron chi connectivity index (χ3n) is 3.05. The van der Waals surface area contributed by atoms with Crippen LogP contribution in [0.5, 0.6) is 0 Å². The van der Waals surface area contributed by atoms with E-state index in [1.54, 1.807) is 24.6 Å². The minimum absolute atomic E-state index is 0.295. The van der Waals surface area contributed by atoms with Crippen molar-refractivity contribution in [3.8, 4) is 0 Å². The van der Waals surface area contributed by atoms with E-state index >= 15 is 0 Å². The lowest BCUT2D eigenvalue weighted by molar-refractivity contribution is 0.338. The Hall–Kier alpha value is -0.430. The predicted octanol–water partition coefficient (Wildman–Crippen LogP) is 1.51. The second-order valence-corrected chi connectivity index (χ2v) is 7.58. The first-order valence-electron chi connectivity index (χ1n) is 5.84. The summed E-state index contributed by atoms with van der Waals surface area (Å²) in [5, 5.41) is 5.16. The van der Waals surface area contributed by atoms with Crippen LogP contribution < -0.4 is 5.32 Å². The lowest BCUT2D eigenvalue weighted by Crippen LogP contribution is -2.44. The molecule has 1 unspecified atom stereocenters. The second-order valence-electron chi connectivity index (χ2n) is 4.36. The van der Waals surface area contributed by atoms with Crippen LogP contribution >= 0.6 is 11.3 Å². The van der Waals surface area contributed by atoms with Gasteiger partial charge in [-0.05, 0) is 30.8 Å². The first-order valence-corrected chi connectivity index (χ1v) is 8.16. The van der Waals surface area contributed by atoms with Gasteiger partial charge in [-0.25, -0.2) is 8.42 Å². The fraction of sp³-hybridized carbons (Fsp3) is 0.636. The zero-order valence-corrected chi connectivity index (χ0v) is 11.6. The molecule has 1 aromatic heterocycles. The molecule has 1 N–H and O–H groups in total. The third kappa shape index (κ3) is 3.07. The van der Waals surface area contributed by atoms with Gasteiger partial charge in [0, 0.05) is 19.6 Å². The monoisotopic (exact) mass is 274 g/mol. The van der Waals surface area contributed by atoms with Gasteiger partial charge in [-0.1, -0.05) is 12.5 Å². The van der Waals surface area contributed by atoms with Crippen LogP contribution in [0.4, 0.5) is 0 Å². The Morgan fingerprint density at radius 3 is 2.94 bits per heavy atom. The van der Waals surface area contributed by atoms with Crippen molar-refractivity contribution in [3.63, 3.8) is 0 Å². The number of sulfonamides is 1. The maximum atomic E-state index is 12.2. The predicted molar refractivity (Wildman–Crippen MR) is 69.8 cm³/mol. The molecular weight excluding hydrogens is 256 g/mol. The van der Waals surface area contributed by atoms with Gasteiger partial charge >= 0.3 is 0 Å². The van der Waals surface area contributed by atoms with E-state index < -0.39 is 10.0 Å². The van der Waals surface area contributed by atoms with Crippen LogP contribution in [-0.4, -0.2) is 38.9 Å². The quantitative estimate of drug-likeness (QED) is 0.905. The highest BCUT2D eigenvalue weighted by Crippen LogP contribution is 2.20. The average molecular weight is 274 g/mol. The smallest absolute Gasteiger partial charge is 0.252 e. The molecule has 17 heavy (non-hydrogen) atoms. The molecule has 96 valence electrons. The van der Waals surface area contributed by atoms with Crippen LogP contribution in [-0.2, 0) is 10.0 Å². The first-order chi connectivity index (χ1) is 8.10. The molecule has 1 atom stereocenters. The summed E-state index contributed by atoms with van der Waals surface area (Å²) < 4.78 is 26.2. The summed E-state index contributed by atoms with van der Waals surface area (Å²) in [6.07, 6.45) is 3.44. The van der Waals surface area contributed by atoms with E-state index in [2.05, 4.69) is 5.32 Å². The van der Waals surface area contributed by atoms with E-state index in [-0.39, 0.29) is 0 Å². The summed E-state index contributed by atoms with van der Waals surface area (Å²) in [5.41, 5.74) is 0. The van der Waals surface area contributed by atoms with Crippen molar-refractivity contribution in [1.82, 2.24) is 9.62 Å². The molecule has 0 bridgehead atoms. The number of rotatable bonds is 4. The summed E-state index contributed by atoms with van der Waals surface area (Å²) in [6.45, 7) is 1.55. The van der Waals surface area contributed by atoms with Gasteiger partial charge in [0.05, 0.1) is 0 Å². The molecule has 2 heterocycles. The molecular formula is C11H18N2O2S2. The van der Waals surface area contributed by atoms with E-state index in [1.165, 1.54) is 28.5 Å². The zero-order chi connectivity index (χ0) is 12.3. The van der Waals surface area contributed by atoms with Gasteiger partial charge in [-0.2, -0.15) is 4.31 Å². The molecule has 0 radical (unpaired) electrons. The highest BCUT2D eigenvalue weighted by Gasteiger charge is 2.25. The molecule has 4 nitrogen and oxygen atoms in total. The van der Waals surface area contributed by atoms with Gasteiger partial charge in [0.15, 0.2) is 0 Å². The van der Waals surface area contributed by atoms with Crippen molar-refractivity contribution in [2.45, 2.75) is 29.5 Å². The van der Waals surface area contributed by atoms with Crippen LogP contribution in [0.3, 0.4) is 0 Å². The molecule has 1 aliphatic rings. The van der Waals surface area contributed by atoms with Gasteiger partial charge in [-0.15, -0.1) is 11.3 Å². The summed E-state index contributed by atoms with van der Waals surface area (Å²) in [7, 11) is -1.63. The van der Waals surface area contributed by atoms with Crippen LogP contribution in [0.1, 0.15) is 19.3 Å². The molecule has 0 spiro atoms. The Labute approximate surface area is 107 Å². The highest BCUT2D eigenvalue weighted by molar-refractivity contribution is 7.91. The van der Waals surface area contributed by atoms with E-state index in [0.29, 0.717) is 16.8 Å². The van der Waals surface area contributed by atoms with E-state index in [9.17, 15) is 8.42 Å². The Balaban J connectivity index is 2.01. The molecule has 2 rings (SSSR count). The largest absolute Gasteiger partial charge is 0.313 e. The topological polar surface area (TPSA) is 49.4 Å². The SMILES string of the molecule is CN(CC1CCCCN1)S(=O)(=O)c1cccs1. The summed E-state index contributed by atoms with van der Waals surface area (Å²) >= 11 is 1.27. The molecule has 1 aliphatic heterocycles. The molecule has 0 aromatic carbocycles. The molecule has 1 aromatic rings. The van der Waals surface area contributed by atoms with Gasteiger partial charge in [-0.3, -0.25) is 0 Å².